The summed E-state index contributed by atoms with van der Waals surface area (Å²) in [6.45, 7) is 0. The highest BCUT2D eigenvalue weighted by molar-refractivity contribution is 5.52. The number of allylic oxidation sites excluding steroid dienone is 1. The predicted molar refractivity (Wildman–Crippen MR) is 126 cm³/mol. The van der Waals surface area contributed by atoms with Crippen LogP contribution < -0.4 is 0 Å². The van der Waals surface area contributed by atoms with Gasteiger partial charge in [0.05, 0.1) is 12.0 Å². The Morgan fingerprint density at radius 2 is 1.26 bits per heavy atom. The van der Waals surface area contributed by atoms with Crippen molar-refractivity contribution in [3.05, 3.63) is 132 Å². The average Bonchev–Trinajstić information content (AvgIpc) is 3.31. The maximum absolute atomic E-state index is 10.5. The fourth-order valence-corrected chi connectivity index (χ4v) is 4.12. The van der Waals surface area contributed by atoms with Crippen LogP contribution in [-0.2, 0) is 10.3 Å². The van der Waals surface area contributed by atoms with Crippen molar-refractivity contribution in [2.75, 3.05) is 0 Å². The number of hydrogen-bond donors (Lipinski definition) is 0. The number of nitrogens with zero attached hydrogens (tertiary/aromatic N) is 2. The number of carbonyl (C=O) groups excluding carboxylic acids is 1. The SMILES string of the molecule is O=CCCC/C=C\c1cn(C(c2ccccc2)(c2ccccc2)c2ccccc2)cn1. The first-order valence-corrected chi connectivity index (χ1v) is 10.7. The van der Waals surface area contributed by atoms with Crippen LogP contribution in [0, 0.1) is 0 Å². The van der Waals surface area contributed by atoms with Crippen LogP contribution in [0.25, 0.3) is 6.08 Å². The lowest BCUT2D eigenvalue weighted by Crippen LogP contribution is -2.36. The topological polar surface area (TPSA) is 34.9 Å². The highest BCUT2D eigenvalue weighted by Crippen LogP contribution is 2.40. The molecule has 0 bridgehead atoms. The standard InChI is InChI=1S/C28H26N2O/c31-21-13-2-1-12-20-27-22-30(23-29-27)28(24-14-6-3-7-15-24,25-16-8-4-9-17-25)26-18-10-5-11-19-26/h3-12,14-23H,1-2,13H2/b20-12-. The predicted octanol–water partition coefficient (Wildman–Crippen LogP) is 6.11. The van der Waals surface area contributed by atoms with E-state index in [0.29, 0.717) is 6.42 Å². The lowest BCUT2D eigenvalue weighted by Gasteiger charge is -2.37. The van der Waals surface area contributed by atoms with Gasteiger partial charge in [-0.3, -0.25) is 0 Å². The van der Waals surface area contributed by atoms with Crippen LogP contribution in [0.15, 0.2) is 110 Å². The van der Waals surface area contributed by atoms with E-state index in [9.17, 15) is 4.79 Å². The van der Waals surface area contributed by atoms with Gasteiger partial charge in [0.2, 0.25) is 0 Å². The molecule has 0 aliphatic rings. The van der Waals surface area contributed by atoms with E-state index in [0.717, 1.165) is 24.8 Å². The minimum atomic E-state index is -0.541. The van der Waals surface area contributed by atoms with Gasteiger partial charge in [0, 0.05) is 12.6 Å². The van der Waals surface area contributed by atoms with Crippen LogP contribution in [0.4, 0.5) is 0 Å². The molecule has 0 fully saturated rings. The number of hydrogen-bond acceptors (Lipinski definition) is 2. The Balaban J connectivity index is 1.87. The molecule has 1 heterocycles. The van der Waals surface area contributed by atoms with E-state index < -0.39 is 5.54 Å². The normalized spacial score (nSPS) is 11.6. The molecule has 4 rings (SSSR count). The maximum atomic E-state index is 10.5. The maximum Gasteiger partial charge on any atom is 0.121 e. The third kappa shape index (κ3) is 4.26. The molecule has 4 aromatic rings. The van der Waals surface area contributed by atoms with Crippen LogP contribution in [0.1, 0.15) is 41.6 Å². The highest BCUT2D eigenvalue weighted by Gasteiger charge is 2.38. The van der Waals surface area contributed by atoms with Crippen molar-refractivity contribution >= 4 is 12.4 Å². The molecule has 0 unspecified atom stereocenters. The summed E-state index contributed by atoms with van der Waals surface area (Å²) in [7, 11) is 0. The summed E-state index contributed by atoms with van der Waals surface area (Å²) in [5.74, 6) is 0. The van der Waals surface area contributed by atoms with Crippen molar-refractivity contribution in [3.63, 3.8) is 0 Å². The van der Waals surface area contributed by atoms with Gasteiger partial charge in [-0.25, -0.2) is 4.98 Å². The summed E-state index contributed by atoms with van der Waals surface area (Å²) < 4.78 is 2.21. The number of aldehydes is 1. The van der Waals surface area contributed by atoms with E-state index in [2.05, 4.69) is 94.6 Å². The molecule has 0 saturated heterocycles. The zero-order valence-electron chi connectivity index (χ0n) is 17.5. The van der Waals surface area contributed by atoms with E-state index in [-0.39, 0.29) is 0 Å². The average molecular weight is 407 g/mol. The molecule has 1 aromatic heterocycles. The van der Waals surface area contributed by atoms with Crippen LogP contribution >= 0.6 is 0 Å². The lowest BCUT2D eigenvalue weighted by molar-refractivity contribution is -0.107. The Labute approximate surface area is 183 Å². The van der Waals surface area contributed by atoms with Crippen molar-refractivity contribution in [1.29, 1.82) is 0 Å². The van der Waals surface area contributed by atoms with Crippen molar-refractivity contribution in [3.8, 4) is 0 Å². The molecular weight excluding hydrogens is 380 g/mol. The number of aromatic nitrogens is 2. The third-order valence-electron chi connectivity index (χ3n) is 5.55. The minimum absolute atomic E-state index is 0.541. The second kappa shape index (κ2) is 9.86. The molecule has 3 nitrogen and oxygen atoms in total. The zero-order valence-corrected chi connectivity index (χ0v) is 17.5. The minimum Gasteiger partial charge on any atom is -0.318 e. The van der Waals surface area contributed by atoms with Crippen LogP contribution in [0.2, 0.25) is 0 Å². The Kier molecular flexibility index (Phi) is 6.53. The van der Waals surface area contributed by atoms with Crippen LogP contribution in [0.5, 0.6) is 0 Å². The van der Waals surface area contributed by atoms with Gasteiger partial charge in [-0.15, -0.1) is 0 Å². The van der Waals surface area contributed by atoms with E-state index in [1.807, 2.05) is 30.6 Å². The Morgan fingerprint density at radius 3 is 1.74 bits per heavy atom. The van der Waals surface area contributed by atoms with Crippen LogP contribution in [-0.4, -0.2) is 15.8 Å². The van der Waals surface area contributed by atoms with Crippen LogP contribution in [0.3, 0.4) is 0 Å². The third-order valence-corrected chi connectivity index (χ3v) is 5.55. The van der Waals surface area contributed by atoms with Gasteiger partial charge >= 0.3 is 0 Å². The zero-order chi connectivity index (χ0) is 21.4. The summed E-state index contributed by atoms with van der Waals surface area (Å²) in [4.78, 5) is 15.2. The molecule has 0 saturated carbocycles. The summed E-state index contributed by atoms with van der Waals surface area (Å²) in [5, 5.41) is 0. The fraction of sp³-hybridized carbons (Fsp3) is 0.143. The summed E-state index contributed by atoms with van der Waals surface area (Å²) in [6, 6.07) is 31.7. The van der Waals surface area contributed by atoms with Gasteiger partial charge in [-0.05, 0) is 35.6 Å². The van der Waals surface area contributed by atoms with E-state index in [4.69, 9.17) is 0 Å². The number of imidazole rings is 1. The monoisotopic (exact) mass is 406 g/mol. The van der Waals surface area contributed by atoms with E-state index in [1.165, 1.54) is 16.7 Å². The molecule has 0 amide bonds. The first-order valence-electron chi connectivity index (χ1n) is 10.7. The quantitative estimate of drug-likeness (QED) is 0.191. The van der Waals surface area contributed by atoms with Crippen molar-refractivity contribution in [2.24, 2.45) is 0 Å². The first kappa shape index (κ1) is 20.5. The summed E-state index contributed by atoms with van der Waals surface area (Å²) >= 11 is 0. The molecule has 31 heavy (non-hydrogen) atoms. The molecule has 3 aromatic carbocycles. The molecule has 0 N–H and O–H groups in total. The molecule has 0 radical (unpaired) electrons. The Morgan fingerprint density at radius 1 is 0.742 bits per heavy atom. The van der Waals surface area contributed by atoms with Gasteiger partial charge in [-0.1, -0.05) is 97.1 Å². The first-order chi connectivity index (χ1) is 15.4. The molecule has 3 heteroatoms. The lowest BCUT2D eigenvalue weighted by atomic mass is 9.77. The fourth-order valence-electron chi connectivity index (χ4n) is 4.12. The largest absolute Gasteiger partial charge is 0.318 e. The van der Waals surface area contributed by atoms with Gasteiger partial charge in [-0.2, -0.15) is 0 Å². The summed E-state index contributed by atoms with van der Waals surface area (Å²) in [6.07, 6.45) is 11.4. The number of benzene rings is 3. The summed E-state index contributed by atoms with van der Waals surface area (Å²) in [5.41, 5.74) is 3.88. The molecule has 154 valence electrons. The van der Waals surface area contributed by atoms with E-state index >= 15 is 0 Å². The molecular formula is C28H26N2O. The number of rotatable bonds is 9. The van der Waals surface area contributed by atoms with Crippen molar-refractivity contribution in [2.45, 2.75) is 24.8 Å². The van der Waals surface area contributed by atoms with Gasteiger partial charge in [0.25, 0.3) is 0 Å². The number of carbonyl (C=O) groups is 1. The van der Waals surface area contributed by atoms with Gasteiger partial charge in [0.1, 0.15) is 11.8 Å². The van der Waals surface area contributed by atoms with Crippen molar-refractivity contribution in [1.82, 2.24) is 9.55 Å². The second-order valence-electron chi connectivity index (χ2n) is 7.51. The highest BCUT2D eigenvalue weighted by atomic mass is 16.1. The number of unbranched alkanes of at least 4 members (excludes halogenated alkanes) is 2. The molecule has 0 aliphatic carbocycles. The Bertz CT molecular complexity index is 1020. The Hall–Kier alpha value is -3.72. The second-order valence-corrected chi connectivity index (χ2v) is 7.51. The molecule has 0 atom stereocenters. The van der Waals surface area contributed by atoms with Crippen molar-refractivity contribution < 1.29 is 4.79 Å². The molecule has 0 aliphatic heterocycles. The molecule has 0 spiro atoms. The van der Waals surface area contributed by atoms with Gasteiger partial charge in [0.15, 0.2) is 0 Å². The van der Waals surface area contributed by atoms with E-state index in [1.54, 1.807) is 0 Å². The smallest absolute Gasteiger partial charge is 0.121 e. The van der Waals surface area contributed by atoms with Gasteiger partial charge < -0.3 is 9.36 Å².